The highest BCUT2D eigenvalue weighted by Gasteiger charge is 2.52. The molecular formula is C22H34N2O6. The Labute approximate surface area is 178 Å². The molecule has 3 atom stereocenters. The van der Waals surface area contributed by atoms with Crippen molar-refractivity contribution in [2.75, 3.05) is 13.7 Å². The molecule has 2 amide bonds. The van der Waals surface area contributed by atoms with Crippen molar-refractivity contribution < 1.29 is 28.7 Å². The summed E-state index contributed by atoms with van der Waals surface area (Å²) in [4.78, 5) is 51.8. The fourth-order valence-electron chi connectivity index (χ4n) is 4.89. The molecule has 3 rings (SSSR count). The largest absolute Gasteiger partial charge is 0.467 e. The fourth-order valence-corrected chi connectivity index (χ4v) is 4.89. The topological polar surface area (TPSA) is 102 Å². The number of esters is 1. The van der Waals surface area contributed by atoms with Gasteiger partial charge >= 0.3 is 12.1 Å². The Balaban J connectivity index is 1.72. The van der Waals surface area contributed by atoms with Gasteiger partial charge in [-0.15, -0.1) is 0 Å². The average Bonchev–Trinajstić information content (AvgIpc) is 3.23. The van der Waals surface area contributed by atoms with Gasteiger partial charge in [-0.2, -0.15) is 0 Å². The zero-order valence-corrected chi connectivity index (χ0v) is 18.5. The van der Waals surface area contributed by atoms with E-state index in [0.717, 1.165) is 32.1 Å². The van der Waals surface area contributed by atoms with E-state index in [1.54, 1.807) is 20.8 Å². The van der Waals surface area contributed by atoms with Crippen LogP contribution in [0.4, 0.5) is 4.79 Å². The molecule has 0 bridgehead atoms. The first-order valence-electron chi connectivity index (χ1n) is 10.9. The van der Waals surface area contributed by atoms with Crippen LogP contribution in [0, 0.1) is 11.3 Å². The lowest BCUT2D eigenvalue weighted by molar-refractivity contribution is -0.146. The van der Waals surface area contributed by atoms with Gasteiger partial charge in [0.1, 0.15) is 23.5 Å². The quantitative estimate of drug-likeness (QED) is 0.683. The van der Waals surface area contributed by atoms with Gasteiger partial charge in [-0.25, -0.2) is 9.59 Å². The van der Waals surface area contributed by atoms with E-state index in [1.807, 2.05) is 0 Å². The van der Waals surface area contributed by atoms with Gasteiger partial charge in [-0.3, -0.25) is 14.5 Å². The minimum Gasteiger partial charge on any atom is -0.467 e. The molecule has 2 saturated carbocycles. The van der Waals surface area contributed by atoms with Crippen LogP contribution in [0.15, 0.2) is 0 Å². The van der Waals surface area contributed by atoms with Gasteiger partial charge < -0.3 is 14.8 Å². The Bertz CT molecular complexity index is 709. The summed E-state index contributed by atoms with van der Waals surface area (Å²) in [5.74, 6) is -1.06. The number of likely N-dealkylation sites (tertiary alicyclic amines) is 1. The smallest absolute Gasteiger partial charge is 0.410 e. The molecule has 8 heteroatoms. The number of rotatable bonds is 5. The normalized spacial score (nSPS) is 26.3. The summed E-state index contributed by atoms with van der Waals surface area (Å²) in [5, 5.41) is 2.78. The second-order valence-corrected chi connectivity index (χ2v) is 10.1. The van der Waals surface area contributed by atoms with E-state index in [4.69, 9.17) is 9.47 Å². The summed E-state index contributed by atoms with van der Waals surface area (Å²) in [6, 6.07) is -1.58. The molecule has 1 spiro atoms. The predicted molar refractivity (Wildman–Crippen MR) is 109 cm³/mol. The number of methoxy groups -OCH3 is 1. The third kappa shape index (κ3) is 4.95. The van der Waals surface area contributed by atoms with E-state index < -0.39 is 29.7 Å². The average molecular weight is 423 g/mol. The summed E-state index contributed by atoms with van der Waals surface area (Å²) in [5.41, 5.74) is -0.702. The predicted octanol–water partition coefficient (Wildman–Crippen LogP) is 2.58. The molecule has 0 aromatic heterocycles. The van der Waals surface area contributed by atoms with Crippen molar-refractivity contribution in [2.45, 2.75) is 89.8 Å². The Hall–Kier alpha value is -2.12. The van der Waals surface area contributed by atoms with Crippen LogP contribution in [-0.4, -0.2) is 60.0 Å². The Kier molecular flexibility index (Phi) is 6.43. The minimum atomic E-state index is -0.895. The van der Waals surface area contributed by atoms with Gasteiger partial charge in [0.2, 0.25) is 5.91 Å². The molecule has 3 aliphatic rings. The van der Waals surface area contributed by atoms with Gasteiger partial charge in [-0.05, 0) is 64.7 Å². The molecule has 0 aromatic carbocycles. The standard InChI is InChI=1S/C22H34N2O6/c1-21(2,3)30-20(28)24-13-22(9-6-10-22)12-16(24)18(26)23-15(19(27)29-4)11-14-7-5-8-17(14)25/h14-16H,5-13H2,1-4H3,(H,23,26)/t14-,15-,16-/m0/s1. The summed E-state index contributed by atoms with van der Waals surface area (Å²) < 4.78 is 10.4. The lowest BCUT2D eigenvalue weighted by atomic mass is 9.67. The Morgan fingerprint density at radius 1 is 1.23 bits per heavy atom. The highest BCUT2D eigenvalue weighted by Crippen LogP contribution is 2.50. The van der Waals surface area contributed by atoms with Gasteiger partial charge in [0.05, 0.1) is 7.11 Å². The van der Waals surface area contributed by atoms with E-state index >= 15 is 0 Å². The van der Waals surface area contributed by atoms with Crippen molar-refractivity contribution in [1.82, 2.24) is 10.2 Å². The van der Waals surface area contributed by atoms with Gasteiger partial charge in [-0.1, -0.05) is 6.42 Å². The first-order chi connectivity index (χ1) is 14.0. The first-order valence-corrected chi connectivity index (χ1v) is 10.9. The third-order valence-corrected chi connectivity index (χ3v) is 6.61. The number of carbonyl (C=O) groups is 4. The van der Waals surface area contributed by atoms with Crippen LogP contribution in [0.1, 0.15) is 72.1 Å². The maximum atomic E-state index is 13.2. The molecule has 1 N–H and O–H groups in total. The van der Waals surface area contributed by atoms with Gasteiger partial charge in [0.25, 0.3) is 0 Å². The number of hydrogen-bond donors (Lipinski definition) is 1. The van der Waals surface area contributed by atoms with E-state index in [-0.39, 0.29) is 29.4 Å². The zero-order valence-electron chi connectivity index (χ0n) is 18.5. The van der Waals surface area contributed by atoms with Crippen LogP contribution < -0.4 is 5.32 Å². The van der Waals surface area contributed by atoms with Crippen LogP contribution in [0.5, 0.6) is 0 Å². The summed E-state index contributed by atoms with van der Waals surface area (Å²) >= 11 is 0. The van der Waals surface area contributed by atoms with Crippen molar-refractivity contribution in [1.29, 1.82) is 0 Å². The maximum absolute atomic E-state index is 13.2. The number of ketones is 1. The molecule has 1 aliphatic heterocycles. The lowest BCUT2D eigenvalue weighted by Gasteiger charge is -2.37. The summed E-state index contributed by atoms with van der Waals surface area (Å²) in [6.07, 6.45) is 5.39. The highest BCUT2D eigenvalue weighted by molar-refractivity contribution is 5.91. The van der Waals surface area contributed by atoms with Crippen LogP contribution in [-0.2, 0) is 23.9 Å². The number of nitrogens with one attached hydrogen (secondary N) is 1. The molecular weight excluding hydrogens is 388 g/mol. The number of hydrogen-bond acceptors (Lipinski definition) is 6. The SMILES string of the molecule is COC(=O)[C@H](C[C@@H]1CCCC1=O)NC(=O)[C@@H]1CC2(CCC2)CN1C(=O)OC(C)(C)C. The number of carbonyl (C=O) groups excluding carboxylic acids is 4. The van der Waals surface area contributed by atoms with Crippen molar-refractivity contribution in [2.24, 2.45) is 11.3 Å². The second-order valence-electron chi connectivity index (χ2n) is 10.1. The molecule has 0 aromatic rings. The molecule has 8 nitrogen and oxygen atoms in total. The van der Waals surface area contributed by atoms with Crippen molar-refractivity contribution >= 4 is 23.8 Å². The van der Waals surface area contributed by atoms with Crippen molar-refractivity contribution in [3.63, 3.8) is 0 Å². The molecule has 1 heterocycles. The number of nitrogens with zero attached hydrogens (tertiary/aromatic N) is 1. The molecule has 1 saturated heterocycles. The molecule has 0 unspecified atom stereocenters. The monoisotopic (exact) mass is 422 g/mol. The molecule has 0 radical (unpaired) electrons. The Morgan fingerprint density at radius 3 is 2.43 bits per heavy atom. The summed E-state index contributed by atoms with van der Waals surface area (Å²) in [6.45, 7) is 5.87. The first kappa shape index (κ1) is 22.6. The molecule has 168 valence electrons. The van der Waals surface area contributed by atoms with Gasteiger partial charge in [0, 0.05) is 18.9 Å². The lowest BCUT2D eigenvalue weighted by Crippen LogP contribution is -2.52. The van der Waals surface area contributed by atoms with Gasteiger partial charge in [0.15, 0.2) is 0 Å². The van der Waals surface area contributed by atoms with Crippen LogP contribution >= 0.6 is 0 Å². The zero-order chi connectivity index (χ0) is 22.1. The molecule has 2 aliphatic carbocycles. The van der Waals surface area contributed by atoms with E-state index in [0.29, 0.717) is 19.4 Å². The van der Waals surface area contributed by atoms with E-state index in [1.165, 1.54) is 12.0 Å². The minimum absolute atomic E-state index is 0.0406. The van der Waals surface area contributed by atoms with Crippen molar-refractivity contribution in [3.05, 3.63) is 0 Å². The fraction of sp³-hybridized carbons (Fsp3) is 0.818. The number of Topliss-reactive ketones (excluding diaryl/α,β-unsaturated/α-hetero) is 1. The molecule has 30 heavy (non-hydrogen) atoms. The van der Waals surface area contributed by atoms with Crippen LogP contribution in [0.2, 0.25) is 0 Å². The van der Waals surface area contributed by atoms with Crippen LogP contribution in [0.25, 0.3) is 0 Å². The second kappa shape index (κ2) is 8.55. The molecule has 3 fully saturated rings. The van der Waals surface area contributed by atoms with E-state index in [2.05, 4.69) is 5.32 Å². The van der Waals surface area contributed by atoms with Crippen molar-refractivity contribution in [3.8, 4) is 0 Å². The Morgan fingerprint density at radius 2 is 1.93 bits per heavy atom. The highest BCUT2D eigenvalue weighted by atomic mass is 16.6. The van der Waals surface area contributed by atoms with Crippen LogP contribution in [0.3, 0.4) is 0 Å². The van der Waals surface area contributed by atoms with E-state index in [9.17, 15) is 19.2 Å². The maximum Gasteiger partial charge on any atom is 0.410 e. The summed E-state index contributed by atoms with van der Waals surface area (Å²) in [7, 11) is 1.27. The third-order valence-electron chi connectivity index (χ3n) is 6.61. The number of ether oxygens (including phenoxy) is 2. The number of amides is 2.